The highest BCUT2D eigenvalue weighted by Gasteiger charge is 2.12. The van der Waals surface area contributed by atoms with E-state index in [0.29, 0.717) is 17.0 Å². The van der Waals surface area contributed by atoms with Gasteiger partial charge in [0.15, 0.2) is 10.5 Å². The Bertz CT molecular complexity index is 935. The first-order valence-corrected chi connectivity index (χ1v) is 8.24. The molecule has 0 atom stereocenters. The van der Waals surface area contributed by atoms with Crippen molar-refractivity contribution >= 4 is 27.5 Å². The maximum Gasteiger partial charge on any atom is 0.300 e. The Morgan fingerprint density at radius 1 is 1.39 bits per heavy atom. The van der Waals surface area contributed by atoms with Crippen LogP contribution < -0.4 is 4.80 Å². The zero-order valence-corrected chi connectivity index (χ0v) is 14.0. The second-order valence-corrected chi connectivity index (χ2v) is 6.44. The highest BCUT2D eigenvalue weighted by Crippen LogP contribution is 2.18. The average molecular weight is 332 g/mol. The third-order valence-corrected chi connectivity index (χ3v) is 4.56. The zero-order chi connectivity index (χ0) is 16.6. The molecule has 3 rings (SSSR count). The number of aromatic nitrogens is 3. The minimum atomic E-state index is -0.390. The van der Waals surface area contributed by atoms with Crippen molar-refractivity contribution in [3.63, 3.8) is 0 Å². The van der Waals surface area contributed by atoms with Crippen molar-refractivity contribution in [1.29, 1.82) is 0 Å². The molecule has 0 unspecified atom stereocenters. The molecule has 23 heavy (non-hydrogen) atoms. The summed E-state index contributed by atoms with van der Waals surface area (Å²) < 4.78 is 17.8. The molecule has 0 aliphatic rings. The predicted molar refractivity (Wildman–Crippen MR) is 88.0 cm³/mol. The Labute approximate surface area is 136 Å². The lowest BCUT2D eigenvalue weighted by Gasteiger charge is -2.02. The second kappa shape index (κ2) is 6.08. The molecule has 0 fully saturated rings. The number of thiazole rings is 1. The van der Waals surface area contributed by atoms with Crippen LogP contribution in [0.1, 0.15) is 37.3 Å². The fourth-order valence-electron chi connectivity index (χ4n) is 2.32. The number of carbonyl (C=O) groups excluding carboxylic acids is 1. The van der Waals surface area contributed by atoms with Crippen molar-refractivity contribution in [1.82, 2.24) is 14.3 Å². The summed E-state index contributed by atoms with van der Waals surface area (Å²) in [5, 5.41) is 4.24. The monoisotopic (exact) mass is 332 g/mol. The lowest BCUT2D eigenvalue weighted by Crippen LogP contribution is -2.16. The Morgan fingerprint density at radius 3 is 2.83 bits per heavy atom. The topological polar surface area (TPSA) is 52.2 Å². The van der Waals surface area contributed by atoms with Crippen molar-refractivity contribution < 1.29 is 9.18 Å². The van der Waals surface area contributed by atoms with Crippen molar-refractivity contribution in [3.05, 3.63) is 46.8 Å². The summed E-state index contributed by atoms with van der Waals surface area (Å²) in [6, 6.07) is 6.43. The van der Waals surface area contributed by atoms with Crippen molar-refractivity contribution in [2.24, 2.45) is 4.99 Å². The summed E-state index contributed by atoms with van der Waals surface area (Å²) in [4.78, 5) is 17.1. The predicted octanol–water partition coefficient (Wildman–Crippen LogP) is 3.38. The Hall–Kier alpha value is -2.28. The van der Waals surface area contributed by atoms with Crippen LogP contribution >= 0.6 is 11.3 Å². The molecule has 0 spiro atoms. The first-order chi connectivity index (χ1) is 11.0. The number of nitrogens with zero attached hydrogens (tertiary/aromatic N) is 4. The molecule has 0 aliphatic carbocycles. The van der Waals surface area contributed by atoms with Crippen LogP contribution in [0.25, 0.3) is 10.2 Å². The van der Waals surface area contributed by atoms with E-state index >= 15 is 0 Å². The van der Waals surface area contributed by atoms with Crippen LogP contribution in [-0.2, 0) is 6.54 Å². The minimum Gasteiger partial charge on any atom is -0.317 e. The molecule has 120 valence electrons. The first-order valence-electron chi connectivity index (χ1n) is 7.42. The molecular weight excluding hydrogens is 315 g/mol. The lowest BCUT2D eigenvalue weighted by molar-refractivity contribution is 0.0992. The van der Waals surface area contributed by atoms with E-state index in [1.807, 2.05) is 25.3 Å². The van der Waals surface area contributed by atoms with E-state index in [1.54, 1.807) is 23.0 Å². The average Bonchev–Trinajstić information content (AvgIpc) is 3.10. The maximum atomic E-state index is 13.4. The Morgan fingerprint density at radius 2 is 2.17 bits per heavy atom. The van der Waals surface area contributed by atoms with Gasteiger partial charge in [0, 0.05) is 18.8 Å². The van der Waals surface area contributed by atoms with Gasteiger partial charge in [-0.15, -0.1) is 0 Å². The van der Waals surface area contributed by atoms with Crippen LogP contribution in [0.2, 0.25) is 0 Å². The lowest BCUT2D eigenvalue weighted by atomic mass is 10.3. The van der Waals surface area contributed by atoms with E-state index in [9.17, 15) is 9.18 Å². The maximum absolute atomic E-state index is 13.4. The molecule has 0 N–H and O–H groups in total. The molecule has 0 saturated heterocycles. The number of amides is 1. The van der Waals surface area contributed by atoms with Crippen molar-refractivity contribution in [2.75, 3.05) is 0 Å². The molecule has 0 aliphatic heterocycles. The number of benzene rings is 1. The Kier molecular flexibility index (Phi) is 4.12. The van der Waals surface area contributed by atoms with Gasteiger partial charge in [0.05, 0.1) is 10.2 Å². The highest BCUT2D eigenvalue weighted by atomic mass is 32.1. The number of hydrogen-bond acceptors (Lipinski definition) is 3. The van der Waals surface area contributed by atoms with E-state index in [2.05, 4.69) is 10.1 Å². The van der Waals surface area contributed by atoms with Gasteiger partial charge >= 0.3 is 0 Å². The largest absolute Gasteiger partial charge is 0.317 e. The van der Waals surface area contributed by atoms with E-state index in [0.717, 1.165) is 10.2 Å². The smallest absolute Gasteiger partial charge is 0.300 e. The van der Waals surface area contributed by atoms with Gasteiger partial charge in [-0.05, 0) is 45.0 Å². The third-order valence-electron chi connectivity index (χ3n) is 3.51. The fraction of sp³-hybridized carbons (Fsp3) is 0.312. The summed E-state index contributed by atoms with van der Waals surface area (Å²) in [5.74, 6) is -0.686. The molecule has 3 aromatic rings. The van der Waals surface area contributed by atoms with Crippen LogP contribution in [0.15, 0.2) is 35.5 Å². The summed E-state index contributed by atoms with van der Waals surface area (Å²) in [5.41, 5.74) is 1.18. The number of carbonyl (C=O) groups is 1. The Balaban J connectivity index is 2.07. The van der Waals surface area contributed by atoms with Crippen LogP contribution in [-0.4, -0.2) is 20.3 Å². The number of halogens is 1. The third kappa shape index (κ3) is 2.96. The van der Waals surface area contributed by atoms with E-state index < -0.39 is 5.91 Å². The van der Waals surface area contributed by atoms with Crippen LogP contribution in [0.5, 0.6) is 0 Å². The molecular formula is C16H17FN4OS. The van der Waals surface area contributed by atoms with Gasteiger partial charge in [0.1, 0.15) is 5.82 Å². The molecule has 0 radical (unpaired) electrons. The number of hydrogen-bond donors (Lipinski definition) is 0. The number of fused-ring (bicyclic) bond motifs is 1. The minimum absolute atomic E-state index is 0.185. The van der Waals surface area contributed by atoms with Gasteiger partial charge in [-0.2, -0.15) is 10.1 Å². The van der Waals surface area contributed by atoms with Crippen LogP contribution in [0.4, 0.5) is 4.39 Å². The summed E-state index contributed by atoms with van der Waals surface area (Å²) in [6.07, 6.45) is 1.77. The molecule has 1 amide bonds. The standard InChI is InChI=1S/C16H17FN4OS/c1-4-20-13-6-5-11(17)9-14(13)23-16(20)18-15(22)12-7-8-21(19-12)10(2)3/h5-10H,4H2,1-3H3. The summed E-state index contributed by atoms with van der Waals surface area (Å²) in [6.45, 7) is 6.60. The van der Waals surface area contributed by atoms with Gasteiger partial charge in [0.2, 0.25) is 0 Å². The summed E-state index contributed by atoms with van der Waals surface area (Å²) in [7, 11) is 0. The zero-order valence-electron chi connectivity index (χ0n) is 13.2. The normalized spacial score (nSPS) is 12.5. The van der Waals surface area contributed by atoms with Gasteiger partial charge < -0.3 is 4.57 Å². The first kappa shape index (κ1) is 15.6. The second-order valence-electron chi connectivity index (χ2n) is 5.43. The van der Waals surface area contributed by atoms with Crippen LogP contribution in [0.3, 0.4) is 0 Å². The van der Waals surface area contributed by atoms with Crippen molar-refractivity contribution in [3.8, 4) is 0 Å². The molecule has 7 heteroatoms. The fourth-order valence-corrected chi connectivity index (χ4v) is 3.44. The van der Waals surface area contributed by atoms with E-state index in [4.69, 9.17) is 0 Å². The van der Waals surface area contributed by atoms with Crippen molar-refractivity contribution in [2.45, 2.75) is 33.4 Å². The molecule has 1 aromatic carbocycles. The quantitative estimate of drug-likeness (QED) is 0.738. The molecule has 0 saturated carbocycles. The molecule has 2 heterocycles. The summed E-state index contributed by atoms with van der Waals surface area (Å²) >= 11 is 1.30. The van der Waals surface area contributed by atoms with Gasteiger partial charge in [-0.1, -0.05) is 11.3 Å². The number of aryl methyl sites for hydroxylation is 1. The van der Waals surface area contributed by atoms with Crippen LogP contribution in [0, 0.1) is 5.82 Å². The number of rotatable bonds is 3. The van der Waals surface area contributed by atoms with E-state index in [1.165, 1.54) is 23.5 Å². The molecule has 2 aromatic heterocycles. The molecule has 0 bridgehead atoms. The van der Waals surface area contributed by atoms with Gasteiger partial charge in [-0.3, -0.25) is 9.48 Å². The highest BCUT2D eigenvalue weighted by molar-refractivity contribution is 7.16. The molecule has 5 nitrogen and oxygen atoms in total. The van der Waals surface area contributed by atoms with Gasteiger partial charge in [-0.25, -0.2) is 4.39 Å². The SMILES string of the molecule is CCn1c(=NC(=O)c2ccn(C(C)C)n2)sc2cc(F)ccc21. The van der Waals surface area contributed by atoms with Gasteiger partial charge in [0.25, 0.3) is 5.91 Å². The van der Waals surface area contributed by atoms with E-state index in [-0.39, 0.29) is 11.9 Å².